The maximum absolute atomic E-state index is 11.0. The Morgan fingerprint density at radius 3 is 2.60 bits per heavy atom. The van der Waals surface area contributed by atoms with Crippen molar-refractivity contribution in [1.29, 1.82) is 0 Å². The molecule has 0 aliphatic rings. The molecule has 76 valence electrons. The molecule has 2 aromatic carbocycles. The Morgan fingerprint density at radius 2 is 2.00 bits per heavy atom. The second-order valence-electron chi connectivity index (χ2n) is 3.59. The van der Waals surface area contributed by atoms with Gasteiger partial charge in [-0.3, -0.25) is 9.59 Å². The van der Waals surface area contributed by atoms with Gasteiger partial charge in [0.2, 0.25) is 10.9 Å². The number of benzene rings is 1. The molecule has 0 amide bonds. The molecule has 15 heavy (non-hydrogen) atoms. The van der Waals surface area contributed by atoms with Gasteiger partial charge in [-0.1, -0.05) is 29.8 Å². The summed E-state index contributed by atoms with van der Waals surface area (Å²) in [4.78, 5) is 21.6. The Hall–Kier alpha value is -1.90. The van der Waals surface area contributed by atoms with Crippen molar-refractivity contribution >= 4 is 5.69 Å². The quantitative estimate of drug-likeness (QED) is 0.759. The Kier molecular flexibility index (Phi) is 2.37. The molecule has 3 heteroatoms. The highest BCUT2D eigenvalue weighted by Gasteiger charge is 2.07. The lowest BCUT2D eigenvalue weighted by Gasteiger charge is -2.06. The molecule has 0 bridgehead atoms. The number of hydrogen-bond acceptors (Lipinski definition) is 3. The number of rotatable bonds is 3. The van der Waals surface area contributed by atoms with Crippen molar-refractivity contribution in [3.05, 3.63) is 61.9 Å². The van der Waals surface area contributed by atoms with Crippen LogP contribution in [0.5, 0.6) is 0 Å². The van der Waals surface area contributed by atoms with Gasteiger partial charge in [-0.2, -0.15) is 0 Å². The van der Waals surface area contributed by atoms with E-state index in [2.05, 4.69) is 5.32 Å². The third kappa shape index (κ3) is 1.96. The van der Waals surface area contributed by atoms with Crippen molar-refractivity contribution in [3.63, 3.8) is 0 Å². The van der Waals surface area contributed by atoms with Crippen molar-refractivity contribution in [3.8, 4) is 0 Å². The first-order valence-electron chi connectivity index (χ1n) is 4.76. The fourth-order valence-electron chi connectivity index (χ4n) is 1.47. The SMILES string of the molecule is Cc1cccc(CNc2cc(=O)c2=O)c1. The largest absolute Gasteiger partial charge is 0.378 e. The van der Waals surface area contributed by atoms with Crippen molar-refractivity contribution in [2.75, 3.05) is 5.32 Å². The molecule has 3 nitrogen and oxygen atoms in total. The van der Waals surface area contributed by atoms with E-state index in [1.54, 1.807) is 0 Å². The van der Waals surface area contributed by atoms with Crippen LogP contribution >= 0.6 is 0 Å². The summed E-state index contributed by atoms with van der Waals surface area (Å²) in [6.45, 7) is 2.59. The smallest absolute Gasteiger partial charge is 0.248 e. The zero-order valence-corrected chi connectivity index (χ0v) is 8.41. The van der Waals surface area contributed by atoms with Crippen LogP contribution in [0.3, 0.4) is 0 Å². The summed E-state index contributed by atoms with van der Waals surface area (Å²) in [6, 6.07) is 9.33. The van der Waals surface area contributed by atoms with Crippen LogP contribution in [0.2, 0.25) is 0 Å². The van der Waals surface area contributed by atoms with E-state index in [0.29, 0.717) is 12.2 Å². The van der Waals surface area contributed by atoms with Crippen LogP contribution < -0.4 is 16.2 Å². The van der Waals surface area contributed by atoms with Crippen molar-refractivity contribution in [2.45, 2.75) is 13.5 Å². The normalized spacial score (nSPS) is 10.5. The molecule has 1 N–H and O–H groups in total. The minimum Gasteiger partial charge on any atom is -0.378 e. The molecule has 0 aliphatic heterocycles. The summed E-state index contributed by atoms with van der Waals surface area (Å²) < 4.78 is 0. The molecular weight excluding hydrogens is 190 g/mol. The molecular formula is C12H11NO2. The van der Waals surface area contributed by atoms with E-state index >= 15 is 0 Å². The molecule has 2 rings (SSSR count). The van der Waals surface area contributed by atoms with Crippen LogP contribution in [-0.4, -0.2) is 0 Å². The molecule has 0 spiro atoms. The van der Waals surface area contributed by atoms with Crippen LogP contribution in [0, 0.1) is 6.92 Å². The number of nitrogens with one attached hydrogen (secondary N) is 1. The first-order chi connectivity index (χ1) is 7.16. The maximum Gasteiger partial charge on any atom is 0.248 e. The molecule has 0 aliphatic carbocycles. The van der Waals surface area contributed by atoms with E-state index in [9.17, 15) is 9.59 Å². The second kappa shape index (κ2) is 3.69. The first kappa shape index (κ1) is 9.65. The lowest BCUT2D eigenvalue weighted by atomic mass is 10.1. The van der Waals surface area contributed by atoms with E-state index in [1.165, 1.54) is 11.6 Å². The van der Waals surface area contributed by atoms with Gasteiger partial charge < -0.3 is 5.32 Å². The van der Waals surface area contributed by atoms with Gasteiger partial charge in [0.15, 0.2) is 0 Å². The van der Waals surface area contributed by atoms with E-state index in [1.807, 2.05) is 31.2 Å². The maximum atomic E-state index is 11.0. The first-order valence-corrected chi connectivity index (χ1v) is 4.76. The van der Waals surface area contributed by atoms with Crippen molar-refractivity contribution in [2.24, 2.45) is 0 Å². The summed E-state index contributed by atoms with van der Waals surface area (Å²) in [6.07, 6.45) is 0. The van der Waals surface area contributed by atoms with Gasteiger partial charge in [0, 0.05) is 12.6 Å². The number of hydrogen-bond donors (Lipinski definition) is 1. The Labute approximate surface area is 87.1 Å². The summed E-state index contributed by atoms with van der Waals surface area (Å²) in [5.74, 6) is 0. The average Bonchev–Trinajstić information content (AvgIpc) is 2.23. The zero-order valence-electron chi connectivity index (χ0n) is 8.41. The van der Waals surface area contributed by atoms with E-state index in [4.69, 9.17) is 0 Å². The van der Waals surface area contributed by atoms with Crippen LogP contribution in [0.15, 0.2) is 39.9 Å². The van der Waals surface area contributed by atoms with E-state index in [-0.39, 0.29) is 0 Å². The Bertz CT molecular complexity index is 550. The Morgan fingerprint density at radius 1 is 1.20 bits per heavy atom. The Balaban J connectivity index is 2.03. The monoisotopic (exact) mass is 201 g/mol. The van der Waals surface area contributed by atoms with Crippen LogP contribution in [0.4, 0.5) is 5.69 Å². The summed E-state index contributed by atoms with van der Waals surface area (Å²) in [5.41, 5.74) is 1.87. The molecule has 0 saturated heterocycles. The van der Waals surface area contributed by atoms with Gasteiger partial charge >= 0.3 is 0 Å². The molecule has 0 atom stereocenters. The number of anilines is 1. The van der Waals surface area contributed by atoms with Gasteiger partial charge in [0.25, 0.3) is 0 Å². The predicted molar refractivity (Wildman–Crippen MR) is 59.9 cm³/mol. The van der Waals surface area contributed by atoms with E-state index in [0.717, 1.165) is 5.56 Å². The van der Waals surface area contributed by atoms with Crippen LogP contribution in [-0.2, 0) is 6.54 Å². The highest BCUT2D eigenvalue weighted by Crippen LogP contribution is 2.06. The standard InChI is InChI=1S/C12H11NO2/c1-8-3-2-4-9(5-8)7-13-10-6-11(14)12(10)15/h2-6,13H,7H2,1H3. The summed E-state index contributed by atoms with van der Waals surface area (Å²) in [5, 5.41) is 2.93. The van der Waals surface area contributed by atoms with Gasteiger partial charge in [0.1, 0.15) is 0 Å². The lowest BCUT2D eigenvalue weighted by Crippen LogP contribution is -2.32. The minimum absolute atomic E-state index is 0.414. The molecule has 0 fully saturated rings. The zero-order chi connectivity index (χ0) is 10.8. The van der Waals surface area contributed by atoms with Gasteiger partial charge in [0.05, 0.1) is 5.69 Å². The minimum atomic E-state index is -0.415. The van der Waals surface area contributed by atoms with Gasteiger partial charge in [-0.15, -0.1) is 0 Å². The predicted octanol–water partition coefficient (Wildman–Crippen LogP) is 1.20. The molecule has 0 aromatic heterocycles. The van der Waals surface area contributed by atoms with Crippen molar-refractivity contribution < 1.29 is 0 Å². The molecule has 0 unspecified atom stereocenters. The topological polar surface area (TPSA) is 46.2 Å². The molecule has 0 heterocycles. The molecule has 2 aromatic rings. The highest BCUT2D eigenvalue weighted by molar-refractivity contribution is 5.47. The van der Waals surface area contributed by atoms with Crippen molar-refractivity contribution in [1.82, 2.24) is 0 Å². The summed E-state index contributed by atoms with van der Waals surface area (Å²) in [7, 11) is 0. The summed E-state index contributed by atoms with van der Waals surface area (Å²) >= 11 is 0. The third-order valence-electron chi connectivity index (χ3n) is 2.31. The van der Waals surface area contributed by atoms with E-state index < -0.39 is 10.9 Å². The number of aryl methyl sites for hydroxylation is 1. The second-order valence-corrected chi connectivity index (χ2v) is 3.59. The third-order valence-corrected chi connectivity index (χ3v) is 2.31. The highest BCUT2D eigenvalue weighted by atomic mass is 16.2. The van der Waals surface area contributed by atoms with Crippen LogP contribution in [0.25, 0.3) is 0 Å². The molecule has 0 saturated carbocycles. The van der Waals surface area contributed by atoms with Gasteiger partial charge in [-0.05, 0) is 12.5 Å². The fraction of sp³-hybridized carbons (Fsp3) is 0.167. The molecule has 0 radical (unpaired) electrons. The van der Waals surface area contributed by atoms with Crippen LogP contribution in [0.1, 0.15) is 11.1 Å². The van der Waals surface area contributed by atoms with Gasteiger partial charge in [-0.25, -0.2) is 0 Å². The fourth-order valence-corrected chi connectivity index (χ4v) is 1.47. The lowest BCUT2D eigenvalue weighted by molar-refractivity contribution is 1.12. The average molecular weight is 201 g/mol.